The minimum absolute atomic E-state index is 0.100. The molecule has 0 aromatic heterocycles. The highest BCUT2D eigenvalue weighted by molar-refractivity contribution is 6.35. The van der Waals surface area contributed by atoms with Crippen molar-refractivity contribution in [2.24, 2.45) is 0 Å². The van der Waals surface area contributed by atoms with Crippen LogP contribution >= 0.6 is 0 Å². The van der Waals surface area contributed by atoms with Gasteiger partial charge in [0.05, 0.1) is 6.04 Å². The molecule has 1 saturated heterocycles. The summed E-state index contributed by atoms with van der Waals surface area (Å²) in [6.07, 6.45) is 9.04. The van der Waals surface area contributed by atoms with Gasteiger partial charge in [-0.2, -0.15) is 0 Å². The number of hydrogen-bond donors (Lipinski definition) is 2. The zero-order valence-corrected chi connectivity index (χ0v) is 18.0. The summed E-state index contributed by atoms with van der Waals surface area (Å²) < 4.78 is 0. The van der Waals surface area contributed by atoms with E-state index >= 15 is 0 Å². The van der Waals surface area contributed by atoms with E-state index in [-0.39, 0.29) is 12.1 Å². The summed E-state index contributed by atoms with van der Waals surface area (Å²) in [4.78, 5) is 29.3. The van der Waals surface area contributed by atoms with Gasteiger partial charge in [0, 0.05) is 32.4 Å². The van der Waals surface area contributed by atoms with Crippen LogP contribution in [0.25, 0.3) is 0 Å². The van der Waals surface area contributed by atoms with E-state index in [1.54, 1.807) is 0 Å². The molecule has 2 N–H and O–H groups in total. The van der Waals surface area contributed by atoms with Crippen LogP contribution in [-0.2, 0) is 9.59 Å². The van der Waals surface area contributed by atoms with Crippen molar-refractivity contribution in [3.63, 3.8) is 0 Å². The molecule has 1 atom stereocenters. The molecule has 1 aliphatic heterocycles. The van der Waals surface area contributed by atoms with Crippen molar-refractivity contribution in [2.75, 3.05) is 38.6 Å². The van der Waals surface area contributed by atoms with E-state index in [2.05, 4.69) is 44.7 Å². The molecule has 1 heterocycles. The van der Waals surface area contributed by atoms with Gasteiger partial charge in [-0.1, -0.05) is 37.8 Å². The molecule has 6 nitrogen and oxygen atoms in total. The number of anilines is 1. The Morgan fingerprint density at radius 3 is 2.17 bits per heavy atom. The first-order valence-electron chi connectivity index (χ1n) is 11.1. The molecule has 0 radical (unpaired) electrons. The summed E-state index contributed by atoms with van der Waals surface area (Å²) in [6.45, 7) is 2.52. The first kappa shape index (κ1) is 21.6. The summed E-state index contributed by atoms with van der Waals surface area (Å²) >= 11 is 0. The molecule has 3 rings (SSSR count). The second kappa shape index (κ2) is 10.6. The summed E-state index contributed by atoms with van der Waals surface area (Å²) in [7, 11) is 4.06. The third kappa shape index (κ3) is 6.20. The molecule has 1 aromatic carbocycles. The average molecular weight is 401 g/mol. The van der Waals surface area contributed by atoms with Crippen molar-refractivity contribution < 1.29 is 9.59 Å². The molecule has 0 bridgehead atoms. The number of nitrogens with zero attached hydrogens (tertiary/aromatic N) is 2. The summed E-state index contributed by atoms with van der Waals surface area (Å²) in [5, 5.41) is 5.84. The Kier molecular flexibility index (Phi) is 7.92. The molecule has 1 aliphatic carbocycles. The van der Waals surface area contributed by atoms with E-state index in [4.69, 9.17) is 0 Å². The highest BCUT2D eigenvalue weighted by Gasteiger charge is 2.26. The van der Waals surface area contributed by atoms with Crippen LogP contribution < -0.4 is 15.5 Å². The van der Waals surface area contributed by atoms with Crippen LogP contribution in [0.3, 0.4) is 0 Å². The quantitative estimate of drug-likeness (QED) is 0.569. The van der Waals surface area contributed by atoms with Crippen LogP contribution in [0.4, 0.5) is 5.69 Å². The first-order chi connectivity index (χ1) is 14.0. The van der Waals surface area contributed by atoms with Gasteiger partial charge in [-0.05, 0) is 56.5 Å². The Morgan fingerprint density at radius 1 is 0.966 bits per heavy atom. The molecular weight excluding hydrogens is 364 g/mol. The van der Waals surface area contributed by atoms with Gasteiger partial charge in [0.1, 0.15) is 0 Å². The fraction of sp³-hybridized carbons (Fsp3) is 0.652. The summed E-state index contributed by atoms with van der Waals surface area (Å²) in [6, 6.07) is 8.73. The van der Waals surface area contributed by atoms with Gasteiger partial charge in [0.25, 0.3) is 0 Å². The average Bonchev–Trinajstić information content (AvgIpc) is 3.13. The second-order valence-electron chi connectivity index (χ2n) is 8.62. The number of likely N-dealkylation sites (tertiary alicyclic amines) is 1. The van der Waals surface area contributed by atoms with Crippen LogP contribution in [-0.4, -0.2) is 56.5 Å². The van der Waals surface area contributed by atoms with Crippen molar-refractivity contribution in [3.05, 3.63) is 29.8 Å². The fourth-order valence-electron chi connectivity index (χ4n) is 4.45. The third-order valence-corrected chi connectivity index (χ3v) is 6.23. The largest absolute Gasteiger partial charge is 0.378 e. The van der Waals surface area contributed by atoms with Gasteiger partial charge in [0.2, 0.25) is 0 Å². The molecule has 6 heteroatoms. The molecule has 2 amide bonds. The number of benzene rings is 1. The maximum atomic E-state index is 12.4. The maximum Gasteiger partial charge on any atom is 0.309 e. The summed E-state index contributed by atoms with van der Waals surface area (Å²) in [5.74, 6) is -0.997. The van der Waals surface area contributed by atoms with Crippen LogP contribution in [0.5, 0.6) is 0 Å². The molecule has 160 valence electrons. The minimum atomic E-state index is -0.511. The molecule has 2 fully saturated rings. The lowest BCUT2D eigenvalue weighted by Gasteiger charge is -2.28. The number of nitrogens with one attached hydrogen (secondary N) is 2. The SMILES string of the molecule is CN(C)c1ccc([C@@H](CNC(=O)C(=O)NC2CCCCCC2)N2CCCC2)cc1. The van der Waals surface area contributed by atoms with Crippen LogP contribution in [0, 0.1) is 0 Å². The Morgan fingerprint density at radius 2 is 1.59 bits per heavy atom. The number of rotatable bonds is 6. The van der Waals surface area contributed by atoms with Gasteiger partial charge in [-0.25, -0.2) is 0 Å². The van der Waals surface area contributed by atoms with Gasteiger partial charge in [0.15, 0.2) is 0 Å². The predicted octanol–water partition coefficient (Wildman–Crippen LogP) is 2.84. The van der Waals surface area contributed by atoms with E-state index in [9.17, 15) is 9.59 Å². The Balaban J connectivity index is 1.58. The Bertz CT molecular complexity index is 660. The minimum Gasteiger partial charge on any atom is -0.378 e. The molecular formula is C23H36N4O2. The van der Waals surface area contributed by atoms with E-state index in [0.717, 1.165) is 44.5 Å². The van der Waals surface area contributed by atoms with Gasteiger partial charge in [-0.3, -0.25) is 14.5 Å². The van der Waals surface area contributed by atoms with E-state index < -0.39 is 11.8 Å². The highest BCUT2D eigenvalue weighted by atomic mass is 16.2. The predicted molar refractivity (Wildman–Crippen MR) is 117 cm³/mol. The van der Waals surface area contributed by atoms with E-state index in [1.807, 2.05) is 14.1 Å². The molecule has 0 spiro atoms. The zero-order chi connectivity index (χ0) is 20.6. The van der Waals surface area contributed by atoms with Gasteiger partial charge in [-0.15, -0.1) is 0 Å². The lowest BCUT2D eigenvalue weighted by molar-refractivity contribution is -0.139. The molecule has 1 aromatic rings. The van der Waals surface area contributed by atoms with Crippen LogP contribution in [0.2, 0.25) is 0 Å². The first-order valence-corrected chi connectivity index (χ1v) is 11.1. The molecule has 29 heavy (non-hydrogen) atoms. The third-order valence-electron chi connectivity index (χ3n) is 6.23. The van der Waals surface area contributed by atoms with Gasteiger partial charge < -0.3 is 15.5 Å². The van der Waals surface area contributed by atoms with Crippen molar-refractivity contribution in [1.82, 2.24) is 15.5 Å². The van der Waals surface area contributed by atoms with Crippen LogP contribution in [0.15, 0.2) is 24.3 Å². The normalized spacial score (nSPS) is 19.4. The number of carbonyl (C=O) groups excluding carboxylic acids is 2. The number of hydrogen-bond acceptors (Lipinski definition) is 4. The molecule has 1 saturated carbocycles. The molecule has 0 unspecified atom stereocenters. The fourth-order valence-corrected chi connectivity index (χ4v) is 4.45. The van der Waals surface area contributed by atoms with Crippen molar-refractivity contribution in [3.8, 4) is 0 Å². The number of carbonyl (C=O) groups is 2. The second-order valence-corrected chi connectivity index (χ2v) is 8.62. The number of amides is 2. The Labute approximate surface area is 175 Å². The van der Waals surface area contributed by atoms with E-state index in [1.165, 1.54) is 31.2 Å². The van der Waals surface area contributed by atoms with Crippen molar-refractivity contribution >= 4 is 17.5 Å². The monoisotopic (exact) mass is 400 g/mol. The van der Waals surface area contributed by atoms with Crippen LogP contribution in [0.1, 0.15) is 63.0 Å². The Hall–Kier alpha value is -2.08. The lowest BCUT2D eigenvalue weighted by Crippen LogP contribution is -2.46. The summed E-state index contributed by atoms with van der Waals surface area (Å²) in [5.41, 5.74) is 2.34. The highest BCUT2D eigenvalue weighted by Crippen LogP contribution is 2.26. The van der Waals surface area contributed by atoms with Crippen molar-refractivity contribution in [2.45, 2.75) is 63.5 Å². The zero-order valence-electron chi connectivity index (χ0n) is 18.0. The van der Waals surface area contributed by atoms with Crippen molar-refractivity contribution in [1.29, 1.82) is 0 Å². The standard InChI is InChI=1S/C23H36N4O2/c1-26(2)20-13-11-18(12-14-20)21(27-15-7-8-16-27)17-24-22(28)23(29)25-19-9-5-3-4-6-10-19/h11-14,19,21H,3-10,15-17H2,1-2H3,(H,24,28)(H,25,29)/t21-/m1/s1. The topological polar surface area (TPSA) is 64.7 Å². The smallest absolute Gasteiger partial charge is 0.309 e. The molecule has 2 aliphatic rings. The van der Waals surface area contributed by atoms with E-state index in [0.29, 0.717) is 6.54 Å². The maximum absolute atomic E-state index is 12.4. The lowest BCUT2D eigenvalue weighted by atomic mass is 10.0. The van der Waals surface area contributed by atoms with Gasteiger partial charge >= 0.3 is 11.8 Å².